The maximum absolute atomic E-state index is 12.6. The predicted molar refractivity (Wildman–Crippen MR) is 95.0 cm³/mol. The van der Waals surface area contributed by atoms with E-state index in [1.807, 2.05) is 26.0 Å². The van der Waals surface area contributed by atoms with Gasteiger partial charge < -0.3 is 9.47 Å². The topological polar surface area (TPSA) is 57.1 Å². The van der Waals surface area contributed by atoms with Crippen molar-refractivity contribution in [1.82, 2.24) is 15.2 Å². The molecule has 0 aliphatic rings. The second-order valence-electron chi connectivity index (χ2n) is 5.44. The van der Waals surface area contributed by atoms with Crippen molar-refractivity contribution in [2.45, 2.75) is 32.9 Å². The quantitative estimate of drug-likeness (QED) is 0.475. The molecule has 0 aromatic carbocycles. The summed E-state index contributed by atoms with van der Waals surface area (Å²) in [6, 6.07) is 3.77. The predicted octanol–water partition coefficient (Wildman–Crippen LogP) is 5.42. The molecular formula is C19H20F3N3O2. The third-order valence-electron chi connectivity index (χ3n) is 3.63. The summed E-state index contributed by atoms with van der Waals surface area (Å²) in [4.78, 5) is 3.39. The Morgan fingerprint density at radius 2 is 1.96 bits per heavy atom. The molecule has 0 bridgehead atoms. The highest BCUT2D eigenvalue weighted by Gasteiger charge is 2.32. The Labute approximate surface area is 155 Å². The number of hydrogen-bond acceptors (Lipinski definition) is 5. The van der Waals surface area contributed by atoms with Gasteiger partial charge in [-0.25, -0.2) is 4.98 Å². The fraction of sp³-hybridized carbons (Fsp3) is 0.316. The number of halogens is 3. The largest absolute Gasteiger partial charge is 0.496 e. The third kappa shape index (κ3) is 5.29. The molecule has 0 saturated heterocycles. The Morgan fingerprint density at radius 1 is 1.19 bits per heavy atom. The van der Waals surface area contributed by atoms with Gasteiger partial charge in [-0.05, 0) is 37.1 Å². The van der Waals surface area contributed by atoms with E-state index in [1.165, 1.54) is 12.3 Å². The number of methoxy groups -OCH3 is 1. The molecule has 8 heteroatoms. The molecule has 2 rings (SSSR count). The third-order valence-corrected chi connectivity index (χ3v) is 3.63. The molecule has 0 aliphatic heterocycles. The Morgan fingerprint density at radius 3 is 2.52 bits per heavy atom. The first kappa shape index (κ1) is 20.4. The number of allylic oxidation sites excluding steroid dienone is 3. The summed E-state index contributed by atoms with van der Waals surface area (Å²) < 4.78 is 49.0. The van der Waals surface area contributed by atoms with Crippen LogP contribution in [0.15, 0.2) is 48.5 Å². The van der Waals surface area contributed by atoms with E-state index in [1.54, 1.807) is 13.2 Å². The van der Waals surface area contributed by atoms with Crippen LogP contribution in [-0.4, -0.2) is 22.3 Å². The lowest BCUT2D eigenvalue weighted by Crippen LogP contribution is -2.07. The van der Waals surface area contributed by atoms with Crippen molar-refractivity contribution in [2.75, 3.05) is 7.11 Å². The van der Waals surface area contributed by atoms with Crippen LogP contribution in [0.25, 0.3) is 5.57 Å². The van der Waals surface area contributed by atoms with Gasteiger partial charge in [0.15, 0.2) is 0 Å². The van der Waals surface area contributed by atoms with E-state index >= 15 is 0 Å². The van der Waals surface area contributed by atoms with Crippen molar-refractivity contribution >= 4 is 5.57 Å². The van der Waals surface area contributed by atoms with Gasteiger partial charge >= 0.3 is 6.18 Å². The normalized spacial score (nSPS) is 12.8. The lowest BCUT2D eigenvalue weighted by molar-refractivity contribution is -0.141. The zero-order valence-electron chi connectivity index (χ0n) is 15.2. The molecule has 5 nitrogen and oxygen atoms in total. The molecule has 0 fully saturated rings. The van der Waals surface area contributed by atoms with Crippen LogP contribution < -0.4 is 4.74 Å². The maximum atomic E-state index is 12.6. The van der Waals surface area contributed by atoms with Crippen LogP contribution in [0.1, 0.15) is 37.9 Å². The van der Waals surface area contributed by atoms with Crippen LogP contribution >= 0.6 is 0 Å². The number of rotatable bonds is 7. The van der Waals surface area contributed by atoms with Crippen molar-refractivity contribution in [3.63, 3.8) is 0 Å². The molecule has 2 aromatic heterocycles. The Balaban J connectivity index is 2.40. The smallest absolute Gasteiger partial charge is 0.433 e. The van der Waals surface area contributed by atoms with Crippen LogP contribution in [0.2, 0.25) is 0 Å². The molecule has 144 valence electrons. The second kappa shape index (κ2) is 9.16. The Kier molecular flexibility index (Phi) is 6.92. The molecule has 0 unspecified atom stereocenters. The average molecular weight is 379 g/mol. The Hall–Kier alpha value is -2.90. The van der Waals surface area contributed by atoms with Gasteiger partial charge in [0.25, 0.3) is 0 Å². The van der Waals surface area contributed by atoms with Gasteiger partial charge in [0.05, 0.1) is 19.5 Å². The van der Waals surface area contributed by atoms with Crippen LogP contribution in [0.3, 0.4) is 0 Å². The minimum Gasteiger partial charge on any atom is -0.496 e. The summed E-state index contributed by atoms with van der Waals surface area (Å²) in [6.07, 6.45) is 3.31. The van der Waals surface area contributed by atoms with E-state index in [2.05, 4.69) is 15.2 Å². The average Bonchev–Trinajstić information content (AvgIpc) is 2.66. The minimum atomic E-state index is -4.51. The van der Waals surface area contributed by atoms with Gasteiger partial charge in [-0.15, -0.1) is 5.10 Å². The van der Waals surface area contributed by atoms with Gasteiger partial charge in [-0.3, -0.25) is 0 Å². The van der Waals surface area contributed by atoms with Gasteiger partial charge in [0, 0.05) is 11.1 Å². The van der Waals surface area contributed by atoms with E-state index in [4.69, 9.17) is 9.47 Å². The molecule has 2 aromatic rings. The molecule has 0 N–H and O–H groups in total. The first-order chi connectivity index (χ1) is 12.9. The summed E-state index contributed by atoms with van der Waals surface area (Å²) in [5.74, 6) is 0.946. The minimum absolute atomic E-state index is 0.128. The van der Waals surface area contributed by atoms with Crippen molar-refractivity contribution in [2.24, 2.45) is 0 Å². The summed E-state index contributed by atoms with van der Waals surface area (Å²) in [5, 5.41) is 7.78. The van der Waals surface area contributed by atoms with Crippen molar-refractivity contribution in [1.29, 1.82) is 0 Å². The maximum Gasteiger partial charge on any atom is 0.433 e. The molecule has 0 saturated carbocycles. The summed E-state index contributed by atoms with van der Waals surface area (Å²) in [6.45, 7) is 3.97. The van der Waals surface area contributed by atoms with Gasteiger partial charge in [0.1, 0.15) is 17.2 Å². The highest BCUT2D eigenvalue weighted by Crippen LogP contribution is 2.33. The first-order valence-corrected chi connectivity index (χ1v) is 8.37. The Bertz CT molecular complexity index is 816. The van der Waals surface area contributed by atoms with Crippen LogP contribution in [0.5, 0.6) is 11.6 Å². The number of hydrogen-bond donors (Lipinski definition) is 0. The zero-order valence-corrected chi connectivity index (χ0v) is 15.2. The molecule has 0 amide bonds. The number of ether oxygens (including phenoxy) is 2. The molecule has 0 radical (unpaired) electrons. The van der Waals surface area contributed by atoms with Gasteiger partial charge in [-0.2, -0.15) is 18.3 Å². The summed E-state index contributed by atoms with van der Waals surface area (Å²) in [5.41, 5.74) is 0.492. The monoisotopic (exact) mass is 379 g/mol. The molecule has 0 atom stereocenters. The van der Waals surface area contributed by atoms with Crippen LogP contribution in [0.4, 0.5) is 13.2 Å². The van der Waals surface area contributed by atoms with Crippen molar-refractivity contribution < 1.29 is 22.6 Å². The van der Waals surface area contributed by atoms with E-state index in [9.17, 15) is 13.2 Å². The first-order valence-electron chi connectivity index (χ1n) is 8.37. The number of aromatic nitrogens is 3. The standard InChI is InChI=1S/C19H20F3N3O2/c1-4-6-7-16(26-3)14(5-2)15-10-11-24-25-18(15)27-13-8-9-17(23-12-13)19(20,21)22/h6-12H,4-5H2,1-3H3/b7-6-,16-14-. The molecule has 0 aliphatic carbocycles. The van der Waals surface area contributed by atoms with Crippen molar-refractivity contribution in [3.8, 4) is 11.6 Å². The van der Waals surface area contributed by atoms with Gasteiger partial charge in [0.2, 0.25) is 5.88 Å². The fourth-order valence-electron chi connectivity index (χ4n) is 2.36. The fourth-order valence-corrected chi connectivity index (χ4v) is 2.36. The lowest BCUT2D eigenvalue weighted by Gasteiger charge is -2.14. The van der Waals surface area contributed by atoms with E-state index in [0.717, 1.165) is 24.3 Å². The molecule has 27 heavy (non-hydrogen) atoms. The molecule has 0 spiro atoms. The number of pyridine rings is 1. The van der Waals surface area contributed by atoms with E-state index in [-0.39, 0.29) is 11.6 Å². The molecular weight excluding hydrogens is 359 g/mol. The number of nitrogens with zero attached hydrogens (tertiary/aromatic N) is 3. The van der Waals surface area contributed by atoms with Gasteiger partial charge in [-0.1, -0.05) is 19.9 Å². The van der Waals surface area contributed by atoms with E-state index in [0.29, 0.717) is 17.7 Å². The number of alkyl halides is 3. The second-order valence-corrected chi connectivity index (χ2v) is 5.44. The molecule has 2 heterocycles. The highest BCUT2D eigenvalue weighted by atomic mass is 19.4. The SMILES string of the molecule is CC/C=C\C(OC)=C(/CC)c1ccnnc1Oc1ccc(C(F)(F)F)nc1. The van der Waals surface area contributed by atoms with Crippen LogP contribution in [0, 0.1) is 0 Å². The lowest BCUT2D eigenvalue weighted by atomic mass is 10.0. The van der Waals surface area contributed by atoms with Crippen molar-refractivity contribution in [3.05, 3.63) is 59.8 Å². The zero-order chi connectivity index (χ0) is 19.9. The van der Waals surface area contributed by atoms with E-state index < -0.39 is 11.9 Å². The summed E-state index contributed by atoms with van der Waals surface area (Å²) >= 11 is 0. The van der Waals surface area contributed by atoms with Crippen LogP contribution in [-0.2, 0) is 10.9 Å². The highest BCUT2D eigenvalue weighted by molar-refractivity contribution is 5.72. The summed E-state index contributed by atoms with van der Waals surface area (Å²) in [7, 11) is 1.57.